The number of aromatic nitrogens is 2. The Morgan fingerprint density at radius 3 is 2.86 bits per heavy atom. The van der Waals surface area contributed by atoms with Crippen LogP contribution >= 0.6 is 23.8 Å². The maximum absolute atomic E-state index is 4.62. The molecule has 0 aliphatic heterocycles. The molecule has 0 fully saturated rings. The molecule has 1 aromatic rings. The minimum Gasteiger partial charge on any atom is -1.00 e. The Labute approximate surface area is 94.4 Å². The monoisotopic (exact) mass is 158 g/mol. The molecule has 5 heteroatoms. The summed E-state index contributed by atoms with van der Waals surface area (Å²) in [6.45, 7) is 0. The maximum Gasteiger partial charge on any atom is 1.00 e. The van der Waals surface area contributed by atoms with Gasteiger partial charge in [0.25, 0.3) is 0 Å². The molecule has 0 aromatic carbocycles. The molecule has 0 amide bonds. The first kappa shape index (κ1) is 8.42. The van der Waals surface area contributed by atoms with Crippen LogP contribution in [0.4, 0.5) is 0 Å². The number of hydrogen-bond donors (Lipinski definition) is 1. The summed E-state index contributed by atoms with van der Waals surface area (Å²) in [5, 5.41) is 0. The second kappa shape index (κ2) is 4.31. The van der Waals surface area contributed by atoms with Crippen LogP contribution < -0.4 is 51.4 Å². The van der Waals surface area contributed by atoms with E-state index >= 15 is 0 Å². The van der Waals surface area contributed by atoms with Crippen LogP contribution in [0.5, 0.6) is 0 Å². The molecular weight excluding hydrogens is 155 g/mol. The smallest absolute Gasteiger partial charge is 1.00 e. The average molecular weight is 158 g/mol. The van der Waals surface area contributed by atoms with E-state index in [1.165, 1.54) is 11.5 Å². The van der Waals surface area contributed by atoms with E-state index in [9.17, 15) is 0 Å². The van der Waals surface area contributed by atoms with Crippen molar-refractivity contribution in [1.29, 1.82) is 0 Å². The van der Waals surface area contributed by atoms with E-state index in [1.54, 1.807) is 6.33 Å². The zero-order chi connectivity index (χ0) is 4.41. The fourth-order valence-corrected chi connectivity index (χ4v) is 0.691. The molecular formula is C2H3KN2S2. The summed E-state index contributed by atoms with van der Waals surface area (Å²) in [5.74, 6) is 0. The van der Waals surface area contributed by atoms with Gasteiger partial charge in [-0.1, -0.05) is 0 Å². The van der Waals surface area contributed by atoms with E-state index in [4.69, 9.17) is 0 Å². The van der Waals surface area contributed by atoms with Crippen LogP contribution in [0, 0.1) is 3.95 Å². The van der Waals surface area contributed by atoms with Crippen molar-refractivity contribution in [3.05, 3.63) is 10.3 Å². The Kier molecular flexibility index (Phi) is 5.18. The van der Waals surface area contributed by atoms with Gasteiger partial charge in [0.1, 0.15) is 6.33 Å². The second-order valence-corrected chi connectivity index (χ2v) is 2.22. The van der Waals surface area contributed by atoms with E-state index < -0.39 is 0 Å². The molecule has 1 N–H and O–H groups in total. The number of hydrogen-bond acceptors (Lipinski definition) is 3. The van der Waals surface area contributed by atoms with Crippen molar-refractivity contribution in [1.82, 2.24) is 9.36 Å². The fourth-order valence-electron chi connectivity index (χ4n) is 0.182. The SMILES string of the molecule is S=c1nc[nH]s1.[H-].[K+]. The van der Waals surface area contributed by atoms with Gasteiger partial charge in [-0.05, 0) is 23.8 Å². The second-order valence-electron chi connectivity index (χ2n) is 0.744. The third-order valence-corrected chi connectivity index (χ3v) is 1.23. The van der Waals surface area contributed by atoms with Crippen molar-refractivity contribution in [3.8, 4) is 0 Å². The van der Waals surface area contributed by atoms with Crippen molar-refractivity contribution >= 4 is 23.8 Å². The Bertz CT molecular complexity index is 156. The van der Waals surface area contributed by atoms with Gasteiger partial charge in [0.15, 0.2) is 3.95 Å². The molecule has 0 bridgehead atoms. The molecule has 0 unspecified atom stereocenters. The molecule has 34 valence electrons. The van der Waals surface area contributed by atoms with Crippen LogP contribution in [0.15, 0.2) is 6.33 Å². The maximum atomic E-state index is 4.62. The van der Waals surface area contributed by atoms with Gasteiger partial charge in [-0.15, -0.1) is 0 Å². The Balaban J connectivity index is 0. The number of rotatable bonds is 0. The normalized spacial score (nSPS) is 7.43. The average Bonchev–Trinajstić information content (AvgIpc) is 1.86. The Morgan fingerprint density at radius 2 is 2.71 bits per heavy atom. The minimum absolute atomic E-state index is 0. The molecule has 0 aliphatic rings. The van der Waals surface area contributed by atoms with Gasteiger partial charge in [0.2, 0.25) is 0 Å². The van der Waals surface area contributed by atoms with Crippen molar-refractivity contribution < 1.29 is 52.8 Å². The van der Waals surface area contributed by atoms with Gasteiger partial charge in [-0.2, -0.15) is 0 Å². The molecule has 0 radical (unpaired) electrons. The molecule has 0 spiro atoms. The zero-order valence-electron chi connectivity index (χ0n) is 4.84. The molecule has 0 saturated heterocycles. The van der Waals surface area contributed by atoms with E-state index in [2.05, 4.69) is 21.6 Å². The van der Waals surface area contributed by atoms with Crippen LogP contribution in [0.3, 0.4) is 0 Å². The first-order chi connectivity index (χ1) is 2.89. The fraction of sp³-hybridized carbons (Fsp3) is 0. The molecule has 2 nitrogen and oxygen atoms in total. The van der Waals surface area contributed by atoms with Crippen molar-refractivity contribution in [3.63, 3.8) is 0 Å². The van der Waals surface area contributed by atoms with E-state index in [1.807, 2.05) is 0 Å². The summed E-state index contributed by atoms with van der Waals surface area (Å²) in [5.41, 5.74) is 0. The van der Waals surface area contributed by atoms with Crippen LogP contribution in [0.1, 0.15) is 1.43 Å². The van der Waals surface area contributed by atoms with Gasteiger partial charge < -0.3 is 1.43 Å². The van der Waals surface area contributed by atoms with Crippen molar-refractivity contribution in [2.45, 2.75) is 0 Å². The van der Waals surface area contributed by atoms with E-state index in [-0.39, 0.29) is 52.8 Å². The predicted octanol–water partition coefficient (Wildman–Crippen LogP) is -1.68. The number of H-pyrrole nitrogens is 1. The van der Waals surface area contributed by atoms with E-state index in [0.29, 0.717) is 3.95 Å². The van der Waals surface area contributed by atoms with Gasteiger partial charge in [0, 0.05) is 0 Å². The van der Waals surface area contributed by atoms with Gasteiger partial charge >= 0.3 is 51.4 Å². The first-order valence-corrected chi connectivity index (χ1v) is 2.61. The summed E-state index contributed by atoms with van der Waals surface area (Å²) >= 11 is 5.98. The molecule has 0 aliphatic carbocycles. The standard InChI is InChI=1S/C2H2N2S2.K.H/c5-2-3-1-4-6-2;;/h1H,(H,3,4,5);;/q;+1;-1. The summed E-state index contributed by atoms with van der Waals surface area (Å²) in [6, 6.07) is 0. The summed E-state index contributed by atoms with van der Waals surface area (Å²) < 4.78 is 3.42. The summed E-state index contributed by atoms with van der Waals surface area (Å²) in [6.07, 6.45) is 1.58. The molecule has 1 heterocycles. The topological polar surface area (TPSA) is 28.7 Å². The third kappa shape index (κ3) is 3.07. The van der Waals surface area contributed by atoms with Gasteiger partial charge in [-0.3, -0.25) is 4.37 Å². The molecule has 1 rings (SSSR count). The molecule has 0 atom stereocenters. The molecule has 7 heavy (non-hydrogen) atoms. The third-order valence-electron chi connectivity index (χ3n) is 0.369. The zero-order valence-corrected chi connectivity index (χ0v) is 8.60. The Morgan fingerprint density at radius 1 is 2.00 bits per heavy atom. The minimum atomic E-state index is 0. The van der Waals surface area contributed by atoms with Crippen molar-refractivity contribution in [2.24, 2.45) is 0 Å². The number of nitrogens with zero attached hydrogens (tertiary/aromatic N) is 1. The summed E-state index contributed by atoms with van der Waals surface area (Å²) in [4.78, 5) is 3.69. The van der Waals surface area contributed by atoms with Gasteiger partial charge in [-0.25, -0.2) is 4.98 Å². The number of nitrogens with one attached hydrogen (secondary N) is 1. The van der Waals surface area contributed by atoms with Crippen molar-refractivity contribution in [2.75, 3.05) is 0 Å². The quantitative estimate of drug-likeness (QED) is 0.361. The first-order valence-electron chi connectivity index (χ1n) is 1.38. The van der Waals surface area contributed by atoms with Crippen LogP contribution in [0.2, 0.25) is 0 Å². The number of aromatic amines is 1. The van der Waals surface area contributed by atoms with E-state index in [0.717, 1.165) is 0 Å². The predicted molar refractivity (Wildman–Crippen MR) is 28.4 cm³/mol. The largest absolute Gasteiger partial charge is 1.00 e. The summed E-state index contributed by atoms with van der Waals surface area (Å²) in [7, 11) is 0. The van der Waals surface area contributed by atoms with Crippen LogP contribution in [0.25, 0.3) is 0 Å². The molecule has 1 aromatic heterocycles. The van der Waals surface area contributed by atoms with Crippen LogP contribution in [-0.4, -0.2) is 9.36 Å². The molecule has 0 saturated carbocycles. The van der Waals surface area contributed by atoms with Crippen LogP contribution in [-0.2, 0) is 0 Å². The Hall–Kier alpha value is 1.42. The van der Waals surface area contributed by atoms with Gasteiger partial charge in [0.05, 0.1) is 0 Å².